The lowest BCUT2D eigenvalue weighted by molar-refractivity contribution is -0.0164. The summed E-state index contributed by atoms with van der Waals surface area (Å²) in [6, 6.07) is 0.688. The van der Waals surface area contributed by atoms with Gasteiger partial charge in [-0.05, 0) is 58.4 Å². The minimum atomic E-state index is -0.493. The summed E-state index contributed by atoms with van der Waals surface area (Å²) in [6.07, 6.45) is 2.29. The van der Waals surface area contributed by atoms with Crippen molar-refractivity contribution in [3.8, 4) is 0 Å². The monoisotopic (exact) mass is 245 g/mol. The topological polar surface area (TPSA) is 23.5 Å². The third-order valence-electron chi connectivity index (χ3n) is 3.72. The predicted molar refractivity (Wildman–Crippen MR) is 73.1 cm³/mol. The molecule has 0 aromatic carbocycles. The third-order valence-corrected chi connectivity index (χ3v) is 4.84. The molecule has 0 aromatic heterocycles. The number of piperidine rings is 1. The summed E-state index contributed by atoms with van der Waals surface area (Å²) in [6.45, 7) is 10.7. The first-order valence-corrected chi connectivity index (χ1v) is 7.64. The molecule has 1 N–H and O–H groups in total. The van der Waals surface area contributed by atoms with Gasteiger partial charge in [0, 0.05) is 11.8 Å². The van der Waals surface area contributed by atoms with Gasteiger partial charge in [0.2, 0.25) is 0 Å². The molecule has 1 rings (SSSR count). The summed E-state index contributed by atoms with van der Waals surface area (Å²) in [5.74, 6) is 2.93. The predicted octanol–water partition coefficient (Wildman–Crippen LogP) is 2.61. The highest BCUT2D eigenvalue weighted by Gasteiger charge is 2.31. The Kier molecular flexibility index (Phi) is 5.62. The van der Waals surface area contributed by atoms with Crippen LogP contribution >= 0.6 is 11.8 Å². The average Bonchev–Trinajstić information content (AvgIpc) is 2.25. The Balaban J connectivity index is 2.31. The maximum Gasteiger partial charge on any atom is 0.0620 e. The van der Waals surface area contributed by atoms with Crippen molar-refractivity contribution in [1.82, 2.24) is 4.90 Å². The van der Waals surface area contributed by atoms with Crippen LogP contribution < -0.4 is 0 Å². The van der Waals surface area contributed by atoms with Crippen LogP contribution in [0, 0.1) is 5.92 Å². The van der Waals surface area contributed by atoms with E-state index in [1.807, 2.05) is 25.6 Å². The smallest absolute Gasteiger partial charge is 0.0620 e. The first-order valence-electron chi connectivity index (χ1n) is 6.49. The number of rotatable bonds is 5. The van der Waals surface area contributed by atoms with Crippen LogP contribution in [0.3, 0.4) is 0 Å². The van der Waals surface area contributed by atoms with Gasteiger partial charge in [-0.3, -0.25) is 4.90 Å². The Morgan fingerprint density at radius 3 is 2.38 bits per heavy atom. The van der Waals surface area contributed by atoms with E-state index in [4.69, 9.17) is 0 Å². The van der Waals surface area contributed by atoms with Crippen LogP contribution in [0.25, 0.3) is 0 Å². The van der Waals surface area contributed by atoms with Crippen molar-refractivity contribution in [3.05, 3.63) is 0 Å². The molecule has 0 radical (unpaired) electrons. The molecule has 2 nitrogen and oxygen atoms in total. The molecule has 1 atom stereocenters. The SMILES string of the molecule is CCSC[C@H](C)N1CCC(C(C)(C)O)CC1. The average molecular weight is 245 g/mol. The Bertz CT molecular complexity index is 195. The summed E-state index contributed by atoms with van der Waals surface area (Å²) >= 11 is 2.03. The van der Waals surface area contributed by atoms with Gasteiger partial charge in [-0.1, -0.05) is 6.92 Å². The van der Waals surface area contributed by atoms with E-state index >= 15 is 0 Å². The van der Waals surface area contributed by atoms with E-state index in [-0.39, 0.29) is 0 Å². The molecule has 0 aliphatic carbocycles. The highest BCUT2D eigenvalue weighted by atomic mass is 32.2. The zero-order valence-corrected chi connectivity index (χ0v) is 12.0. The Morgan fingerprint density at radius 1 is 1.38 bits per heavy atom. The maximum absolute atomic E-state index is 9.99. The lowest BCUT2D eigenvalue weighted by Crippen LogP contribution is -2.45. The van der Waals surface area contributed by atoms with E-state index in [9.17, 15) is 5.11 Å². The van der Waals surface area contributed by atoms with Crippen molar-refractivity contribution in [3.63, 3.8) is 0 Å². The van der Waals surface area contributed by atoms with Crippen molar-refractivity contribution < 1.29 is 5.11 Å². The molecule has 0 bridgehead atoms. The van der Waals surface area contributed by atoms with Crippen molar-refractivity contribution in [2.24, 2.45) is 5.92 Å². The largest absolute Gasteiger partial charge is 0.390 e. The van der Waals surface area contributed by atoms with Crippen LogP contribution in [0.15, 0.2) is 0 Å². The molecule has 0 amide bonds. The lowest BCUT2D eigenvalue weighted by atomic mass is 9.83. The zero-order valence-electron chi connectivity index (χ0n) is 11.2. The molecule has 0 spiro atoms. The van der Waals surface area contributed by atoms with Crippen LogP contribution in [-0.2, 0) is 0 Å². The summed E-state index contributed by atoms with van der Waals surface area (Å²) in [5, 5.41) is 9.99. The Morgan fingerprint density at radius 2 is 1.94 bits per heavy atom. The van der Waals surface area contributed by atoms with Crippen LogP contribution in [0.1, 0.15) is 40.5 Å². The van der Waals surface area contributed by atoms with Crippen molar-refractivity contribution >= 4 is 11.8 Å². The molecular weight excluding hydrogens is 218 g/mol. The summed E-state index contributed by atoms with van der Waals surface area (Å²) < 4.78 is 0. The molecule has 1 fully saturated rings. The number of nitrogens with zero attached hydrogens (tertiary/aromatic N) is 1. The summed E-state index contributed by atoms with van der Waals surface area (Å²) in [7, 11) is 0. The molecule has 96 valence electrons. The minimum Gasteiger partial charge on any atom is -0.390 e. The second kappa shape index (κ2) is 6.27. The highest BCUT2D eigenvalue weighted by Crippen LogP contribution is 2.28. The van der Waals surface area contributed by atoms with E-state index in [0.717, 1.165) is 25.9 Å². The van der Waals surface area contributed by atoms with Gasteiger partial charge in [0.1, 0.15) is 0 Å². The molecule has 1 heterocycles. The first kappa shape index (κ1) is 14.3. The molecular formula is C13H27NOS. The summed E-state index contributed by atoms with van der Waals surface area (Å²) in [4.78, 5) is 2.57. The van der Waals surface area contributed by atoms with E-state index in [0.29, 0.717) is 12.0 Å². The molecule has 0 aromatic rings. The Hall–Kier alpha value is 0.270. The fourth-order valence-electron chi connectivity index (χ4n) is 2.44. The Labute approximate surface area is 105 Å². The third kappa shape index (κ3) is 4.27. The van der Waals surface area contributed by atoms with E-state index in [2.05, 4.69) is 18.7 Å². The molecule has 0 saturated carbocycles. The second-order valence-corrected chi connectivity index (χ2v) is 6.79. The molecule has 3 heteroatoms. The number of hydrogen-bond acceptors (Lipinski definition) is 3. The number of thioether (sulfide) groups is 1. The summed E-state index contributed by atoms with van der Waals surface area (Å²) in [5.41, 5.74) is -0.493. The van der Waals surface area contributed by atoms with E-state index < -0.39 is 5.60 Å². The van der Waals surface area contributed by atoms with Gasteiger partial charge in [-0.25, -0.2) is 0 Å². The number of aliphatic hydroxyl groups is 1. The molecule has 16 heavy (non-hydrogen) atoms. The fraction of sp³-hybridized carbons (Fsp3) is 1.00. The van der Waals surface area contributed by atoms with Crippen LogP contribution in [0.5, 0.6) is 0 Å². The van der Waals surface area contributed by atoms with Gasteiger partial charge in [-0.15, -0.1) is 0 Å². The number of hydrogen-bond donors (Lipinski definition) is 1. The fourth-order valence-corrected chi connectivity index (χ4v) is 3.23. The van der Waals surface area contributed by atoms with Gasteiger partial charge in [0.05, 0.1) is 5.60 Å². The van der Waals surface area contributed by atoms with E-state index in [1.165, 1.54) is 11.5 Å². The second-order valence-electron chi connectivity index (χ2n) is 5.47. The zero-order chi connectivity index (χ0) is 12.2. The van der Waals surface area contributed by atoms with Gasteiger partial charge in [-0.2, -0.15) is 11.8 Å². The highest BCUT2D eigenvalue weighted by molar-refractivity contribution is 7.99. The van der Waals surface area contributed by atoms with Crippen molar-refractivity contribution in [1.29, 1.82) is 0 Å². The van der Waals surface area contributed by atoms with Crippen molar-refractivity contribution in [2.75, 3.05) is 24.6 Å². The van der Waals surface area contributed by atoms with E-state index in [1.54, 1.807) is 0 Å². The maximum atomic E-state index is 9.99. The standard InChI is InChI=1S/C13H27NOS/c1-5-16-10-11(2)14-8-6-12(7-9-14)13(3,4)15/h11-12,15H,5-10H2,1-4H3/t11-/m0/s1. The number of likely N-dealkylation sites (tertiary alicyclic amines) is 1. The molecule has 1 aliphatic heterocycles. The van der Waals surface area contributed by atoms with Gasteiger partial charge in [0.15, 0.2) is 0 Å². The van der Waals surface area contributed by atoms with Crippen molar-refractivity contribution in [2.45, 2.75) is 52.2 Å². The van der Waals surface area contributed by atoms with Gasteiger partial charge >= 0.3 is 0 Å². The minimum absolute atomic E-state index is 0.481. The van der Waals surface area contributed by atoms with Gasteiger partial charge < -0.3 is 5.11 Å². The quantitative estimate of drug-likeness (QED) is 0.805. The van der Waals surface area contributed by atoms with Crippen LogP contribution in [0.2, 0.25) is 0 Å². The lowest BCUT2D eigenvalue weighted by Gasteiger charge is -2.40. The molecule has 1 aliphatic rings. The van der Waals surface area contributed by atoms with Crippen LogP contribution in [-0.4, -0.2) is 46.2 Å². The molecule has 0 unspecified atom stereocenters. The van der Waals surface area contributed by atoms with Crippen LogP contribution in [0.4, 0.5) is 0 Å². The van der Waals surface area contributed by atoms with Gasteiger partial charge in [0.25, 0.3) is 0 Å². The first-order chi connectivity index (χ1) is 7.45. The molecule has 1 saturated heterocycles. The normalized spacial score (nSPS) is 22.3.